The van der Waals surface area contributed by atoms with Gasteiger partial charge in [-0.25, -0.2) is 4.79 Å². The molecule has 1 fully saturated rings. The highest BCUT2D eigenvalue weighted by Gasteiger charge is 2.32. The van der Waals surface area contributed by atoms with Gasteiger partial charge in [-0.2, -0.15) is 0 Å². The van der Waals surface area contributed by atoms with Crippen molar-refractivity contribution in [3.8, 4) is 0 Å². The average Bonchev–Trinajstić information content (AvgIpc) is 2.31. The number of halogens is 1. The van der Waals surface area contributed by atoms with Gasteiger partial charge < -0.3 is 10.4 Å². The average molecular weight is 330 g/mol. The molecule has 1 saturated heterocycles. The molecular weight excluding hydrogens is 318 g/mol. The number of aliphatic carboxylic acids is 1. The van der Waals surface area contributed by atoms with Crippen LogP contribution in [0.5, 0.6) is 0 Å². The Labute approximate surface area is 117 Å². The lowest BCUT2D eigenvalue weighted by Crippen LogP contribution is -2.51. The van der Waals surface area contributed by atoms with E-state index in [0.717, 1.165) is 10.0 Å². The Morgan fingerprint density at radius 2 is 2.33 bits per heavy atom. The van der Waals surface area contributed by atoms with Gasteiger partial charge in [-0.05, 0) is 24.1 Å². The Morgan fingerprint density at radius 3 is 2.94 bits per heavy atom. The van der Waals surface area contributed by atoms with Crippen LogP contribution in [0.2, 0.25) is 0 Å². The highest BCUT2D eigenvalue weighted by Crippen LogP contribution is 2.23. The predicted molar refractivity (Wildman–Crippen MR) is 73.7 cm³/mol. The van der Waals surface area contributed by atoms with E-state index in [1.54, 1.807) is 0 Å². The first-order valence-corrected chi connectivity index (χ1v) is 7.29. The van der Waals surface area contributed by atoms with E-state index in [4.69, 9.17) is 5.11 Å². The van der Waals surface area contributed by atoms with E-state index < -0.39 is 12.0 Å². The van der Waals surface area contributed by atoms with Crippen LogP contribution in [0.1, 0.15) is 5.56 Å². The lowest BCUT2D eigenvalue weighted by Gasteiger charge is -2.26. The fraction of sp³-hybridized carbons (Fsp3) is 0.333. The zero-order chi connectivity index (χ0) is 13.1. The van der Waals surface area contributed by atoms with Gasteiger partial charge in [0.05, 0.1) is 5.25 Å². The van der Waals surface area contributed by atoms with Crippen molar-refractivity contribution in [3.63, 3.8) is 0 Å². The molecule has 1 aromatic carbocycles. The fourth-order valence-electron chi connectivity index (χ4n) is 1.76. The van der Waals surface area contributed by atoms with E-state index in [2.05, 4.69) is 21.2 Å². The number of benzene rings is 1. The number of carboxylic acid groups (broad SMARTS) is 1. The molecule has 1 aliphatic rings. The number of amides is 1. The quantitative estimate of drug-likeness (QED) is 0.885. The van der Waals surface area contributed by atoms with Gasteiger partial charge in [-0.3, -0.25) is 4.79 Å². The minimum absolute atomic E-state index is 0.196. The van der Waals surface area contributed by atoms with E-state index in [-0.39, 0.29) is 11.2 Å². The van der Waals surface area contributed by atoms with Crippen LogP contribution in [-0.2, 0) is 16.0 Å². The summed E-state index contributed by atoms with van der Waals surface area (Å²) >= 11 is 4.79. The maximum atomic E-state index is 11.8. The van der Waals surface area contributed by atoms with Gasteiger partial charge >= 0.3 is 5.97 Å². The molecular formula is C12H12BrNO3S. The van der Waals surface area contributed by atoms with Crippen molar-refractivity contribution in [2.45, 2.75) is 17.7 Å². The number of carboxylic acids is 1. The van der Waals surface area contributed by atoms with Crippen molar-refractivity contribution in [2.24, 2.45) is 0 Å². The normalized spacial score (nSPS) is 23.5. The third-order valence-corrected chi connectivity index (χ3v) is 4.48. The van der Waals surface area contributed by atoms with E-state index in [1.165, 1.54) is 11.8 Å². The molecule has 0 spiro atoms. The predicted octanol–water partition coefficient (Wildman–Crippen LogP) is 1.68. The highest BCUT2D eigenvalue weighted by atomic mass is 79.9. The standard InChI is InChI=1S/C12H12BrNO3S/c13-8-3-1-2-7(4-8)5-10-11(15)14-9(6-18-10)12(16)17/h1-4,9-10H,5-6H2,(H,14,15)(H,16,17)/t9-,10+/m1/s1. The lowest BCUT2D eigenvalue weighted by atomic mass is 10.1. The SMILES string of the molecule is O=C1N[C@@H](C(=O)O)CS[C@H]1Cc1cccc(Br)c1. The Kier molecular flexibility index (Phi) is 4.29. The minimum atomic E-state index is -0.975. The maximum Gasteiger partial charge on any atom is 0.327 e. The summed E-state index contributed by atoms with van der Waals surface area (Å²) in [5.74, 6) is -0.755. The summed E-state index contributed by atoms with van der Waals surface area (Å²) in [6.07, 6.45) is 0.613. The highest BCUT2D eigenvalue weighted by molar-refractivity contribution is 9.10. The maximum absolute atomic E-state index is 11.8. The number of nitrogens with one attached hydrogen (secondary N) is 1. The van der Waals surface area contributed by atoms with Crippen molar-refractivity contribution in [2.75, 3.05) is 5.75 Å². The van der Waals surface area contributed by atoms with Gasteiger partial charge in [0.15, 0.2) is 0 Å². The molecule has 96 valence electrons. The van der Waals surface area contributed by atoms with E-state index in [0.29, 0.717) is 12.2 Å². The van der Waals surface area contributed by atoms with Crippen LogP contribution >= 0.6 is 27.7 Å². The summed E-state index contributed by atoms with van der Waals surface area (Å²) in [6, 6.07) is 7.02. The number of hydrogen-bond acceptors (Lipinski definition) is 3. The molecule has 1 heterocycles. The molecule has 2 atom stereocenters. The van der Waals surface area contributed by atoms with Gasteiger partial charge in [0.25, 0.3) is 0 Å². The van der Waals surface area contributed by atoms with Crippen molar-refractivity contribution < 1.29 is 14.7 Å². The third-order valence-electron chi connectivity index (χ3n) is 2.68. The van der Waals surface area contributed by atoms with Gasteiger partial charge in [-0.1, -0.05) is 28.1 Å². The number of hydrogen-bond donors (Lipinski definition) is 2. The molecule has 1 aromatic rings. The van der Waals surface area contributed by atoms with Gasteiger partial charge in [0, 0.05) is 10.2 Å². The molecule has 2 rings (SSSR count). The van der Waals surface area contributed by atoms with Crippen LogP contribution in [0.3, 0.4) is 0 Å². The molecule has 0 radical (unpaired) electrons. The summed E-state index contributed by atoms with van der Waals surface area (Å²) in [5.41, 5.74) is 1.06. The molecule has 2 N–H and O–H groups in total. The van der Waals surface area contributed by atoms with Gasteiger partial charge in [0.2, 0.25) is 5.91 Å². The first kappa shape index (κ1) is 13.4. The number of carbonyl (C=O) groups excluding carboxylic acids is 1. The summed E-state index contributed by atoms with van der Waals surface area (Å²) < 4.78 is 0.977. The number of rotatable bonds is 3. The van der Waals surface area contributed by atoms with Gasteiger partial charge in [-0.15, -0.1) is 11.8 Å². The van der Waals surface area contributed by atoms with E-state index >= 15 is 0 Å². The topological polar surface area (TPSA) is 66.4 Å². The van der Waals surface area contributed by atoms with Crippen molar-refractivity contribution >= 4 is 39.6 Å². The van der Waals surface area contributed by atoms with Crippen molar-refractivity contribution in [1.29, 1.82) is 0 Å². The largest absolute Gasteiger partial charge is 0.480 e. The van der Waals surface area contributed by atoms with Crippen LogP contribution in [0, 0.1) is 0 Å². The molecule has 4 nitrogen and oxygen atoms in total. The Balaban J connectivity index is 1.99. The molecule has 18 heavy (non-hydrogen) atoms. The van der Waals surface area contributed by atoms with Crippen LogP contribution in [0.25, 0.3) is 0 Å². The van der Waals surface area contributed by atoms with Crippen LogP contribution in [0.15, 0.2) is 28.7 Å². The Hall–Kier alpha value is -1.01. The van der Waals surface area contributed by atoms with Crippen LogP contribution in [0.4, 0.5) is 0 Å². The molecule has 6 heteroatoms. The summed E-state index contributed by atoms with van der Waals surface area (Å²) in [6.45, 7) is 0. The summed E-state index contributed by atoms with van der Waals surface area (Å²) in [5, 5.41) is 11.2. The van der Waals surface area contributed by atoms with Crippen molar-refractivity contribution in [3.05, 3.63) is 34.3 Å². The van der Waals surface area contributed by atoms with Crippen molar-refractivity contribution in [1.82, 2.24) is 5.32 Å². The molecule has 0 aliphatic carbocycles. The molecule has 0 unspecified atom stereocenters. The summed E-state index contributed by atoms with van der Waals surface area (Å²) in [4.78, 5) is 22.6. The van der Waals surface area contributed by atoms with Crippen LogP contribution in [-0.4, -0.2) is 34.0 Å². The molecule has 0 bridgehead atoms. The molecule has 0 aromatic heterocycles. The molecule has 1 amide bonds. The lowest BCUT2D eigenvalue weighted by molar-refractivity contribution is -0.141. The Morgan fingerprint density at radius 1 is 1.56 bits per heavy atom. The number of thioether (sulfide) groups is 1. The van der Waals surface area contributed by atoms with Gasteiger partial charge in [0.1, 0.15) is 6.04 Å². The van der Waals surface area contributed by atoms with Crippen LogP contribution < -0.4 is 5.32 Å². The zero-order valence-electron chi connectivity index (χ0n) is 9.43. The first-order valence-electron chi connectivity index (χ1n) is 5.45. The second-order valence-corrected chi connectivity index (χ2v) is 6.21. The van der Waals surface area contributed by atoms with E-state index in [9.17, 15) is 9.59 Å². The second-order valence-electron chi connectivity index (χ2n) is 4.06. The summed E-state index contributed by atoms with van der Waals surface area (Å²) in [7, 11) is 0. The zero-order valence-corrected chi connectivity index (χ0v) is 11.8. The molecule has 0 saturated carbocycles. The molecule has 1 aliphatic heterocycles. The smallest absolute Gasteiger partial charge is 0.327 e. The monoisotopic (exact) mass is 329 g/mol. The fourth-order valence-corrected chi connectivity index (χ4v) is 3.38. The van der Waals surface area contributed by atoms with E-state index in [1.807, 2.05) is 24.3 Å². The first-order chi connectivity index (χ1) is 8.56. The number of carbonyl (C=O) groups is 2. The minimum Gasteiger partial charge on any atom is -0.480 e. The Bertz CT molecular complexity index is 480. The third kappa shape index (κ3) is 3.26. The second kappa shape index (κ2) is 5.75.